The van der Waals surface area contributed by atoms with Gasteiger partial charge in [0, 0.05) is 23.4 Å². The second-order valence-electron chi connectivity index (χ2n) is 5.07. The van der Waals surface area contributed by atoms with Crippen molar-refractivity contribution in [1.29, 1.82) is 0 Å². The van der Waals surface area contributed by atoms with Gasteiger partial charge in [0.1, 0.15) is 13.2 Å². The standard InChI is InChI=1S/C16H14N2O5/c1-10-8-12(18(20)21)3-4-13(10)17-16(19)11-2-5-14-15(9-11)23-7-6-22-14/h2-5,8-9H,6-7H2,1H3,(H,17,19). The van der Waals surface area contributed by atoms with Crippen LogP contribution in [0.4, 0.5) is 11.4 Å². The topological polar surface area (TPSA) is 90.7 Å². The zero-order valence-electron chi connectivity index (χ0n) is 12.4. The number of carbonyl (C=O) groups excluding carboxylic acids is 1. The van der Waals surface area contributed by atoms with Gasteiger partial charge in [0.05, 0.1) is 4.92 Å². The van der Waals surface area contributed by atoms with Crippen molar-refractivity contribution in [1.82, 2.24) is 0 Å². The number of benzene rings is 2. The third-order valence-corrected chi connectivity index (χ3v) is 3.47. The summed E-state index contributed by atoms with van der Waals surface area (Å²) in [7, 11) is 0. The summed E-state index contributed by atoms with van der Waals surface area (Å²) in [5, 5.41) is 13.5. The van der Waals surface area contributed by atoms with Crippen molar-refractivity contribution in [3.05, 3.63) is 57.6 Å². The molecule has 0 spiro atoms. The van der Waals surface area contributed by atoms with Gasteiger partial charge in [0.2, 0.25) is 0 Å². The molecule has 1 aliphatic rings. The molecular weight excluding hydrogens is 300 g/mol. The van der Waals surface area contributed by atoms with Crippen molar-refractivity contribution < 1.29 is 19.2 Å². The molecule has 1 amide bonds. The highest BCUT2D eigenvalue weighted by Gasteiger charge is 2.16. The molecule has 0 saturated heterocycles. The van der Waals surface area contributed by atoms with Gasteiger partial charge in [-0.15, -0.1) is 0 Å². The molecule has 0 atom stereocenters. The summed E-state index contributed by atoms with van der Waals surface area (Å²) < 4.78 is 10.9. The predicted molar refractivity (Wildman–Crippen MR) is 83.2 cm³/mol. The SMILES string of the molecule is Cc1cc([N+](=O)[O-])ccc1NC(=O)c1ccc2c(c1)OCCO2. The molecule has 2 aromatic rings. The number of anilines is 1. The van der Waals surface area contributed by atoms with Crippen LogP contribution >= 0.6 is 0 Å². The number of amides is 1. The first-order valence-corrected chi connectivity index (χ1v) is 7.00. The number of nitro groups is 1. The van der Waals surface area contributed by atoms with E-state index in [9.17, 15) is 14.9 Å². The third-order valence-electron chi connectivity index (χ3n) is 3.47. The Hall–Kier alpha value is -3.09. The van der Waals surface area contributed by atoms with E-state index in [0.29, 0.717) is 41.5 Å². The van der Waals surface area contributed by atoms with Gasteiger partial charge < -0.3 is 14.8 Å². The summed E-state index contributed by atoms with van der Waals surface area (Å²) in [5.74, 6) is 0.822. The smallest absolute Gasteiger partial charge is 0.269 e. The van der Waals surface area contributed by atoms with Crippen LogP contribution in [0.2, 0.25) is 0 Å². The fourth-order valence-corrected chi connectivity index (χ4v) is 2.28. The summed E-state index contributed by atoms with van der Waals surface area (Å²) in [5.41, 5.74) is 1.55. The van der Waals surface area contributed by atoms with E-state index in [1.165, 1.54) is 18.2 Å². The quantitative estimate of drug-likeness (QED) is 0.695. The number of fused-ring (bicyclic) bond motifs is 1. The van der Waals surface area contributed by atoms with Crippen LogP contribution in [-0.2, 0) is 0 Å². The lowest BCUT2D eigenvalue weighted by molar-refractivity contribution is -0.384. The number of nitrogens with zero attached hydrogens (tertiary/aromatic N) is 1. The van der Waals surface area contributed by atoms with E-state index < -0.39 is 4.92 Å². The molecule has 7 heteroatoms. The number of carbonyl (C=O) groups is 1. The summed E-state index contributed by atoms with van der Waals surface area (Å²) in [6.07, 6.45) is 0. The highest BCUT2D eigenvalue weighted by Crippen LogP contribution is 2.31. The Kier molecular flexibility index (Phi) is 3.84. The van der Waals surface area contributed by atoms with Gasteiger partial charge in [-0.05, 0) is 36.8 Å². The van der Waals surface area contributed by atoms with E-state index in [4.69, 9.17) is 9.47 Å². The monoisotopic (exact) mass is 314 g/mol. The van der Waals surface area contributed by atoms with E-state index in [-0.39, 0.29) is 11.6 Å². The lowest BCUT2D eigenvalue weighted by atomic mass is 10.1. The van der Waals surface area contributed by atoms with Crippen LogP contribution in [0.15, 0.2) is 36.4 Å². The molecule has 2 aromatic carbocycles. The van der Waals surface area contributed by atoms with E-state index in [2.05, 4.69) is 5.32 Å². The Morgan fingerprint density at radius 1 is 1.13 bits per heavy atom. The lowest BCUT2D eigenvalue weighted by Crippen LogP contribution is -2.17. The van der Waals surface area contributed by atoms with Crippen LogP contribution in [0, 0.1) is 17.0 Å². The van der Waals surface area contributed by atoms with Crippen LogP contribution in [0.1, 0.15) is 15.9 Å². The molecule has 118 valence electrons. The van der Waals surface area contributed by atoms with Crippen molar-refractivity contribution in [2.45, 2.75) is 6.92 Å². The summed E-state index contributed by atoms with van der Waals surface area (Å²) in [6.45, 7) is 2.63. The van der Waals surface area contributed by atoms with Gasteiger partial charge in [-0.3, -0.25) is 14.9 Å². The Morgan fingerprint density at radius 3 is 2.57 bits per heavy atom. The number of hydrogen-bond donors (Lipinski definition) is 1. The number of hydrogen-bond acceptors (Lipinski definition) is 5. The minimum absolute atomic E-state index is 0.0140. The van der Waals surface area contributed by atoms with Crippen LogP contribution in [-0.4, -0.2) is 24.0 Å². The normalized spacial score (nSPS) is 12.6. The largest absolute Gasteiger partial charge is 0.486 e. The maximum absolute atomic E-state index is 12.3. The molecular formula is C16H14N2O5. The Morgan fingerprint density at radius 2 is 1.87 bits per heavy atom. The fourth-order valence-electron chi connectivity index (χ4n) is 2.28. The molecule has 0 saturated carbocycles. The number of rotatable bonds is 3. The minimum atomic E-state index is -0.473. The maximum atomic E-state index is 12.3. The average molecular weight is 314 g/mol. The third kappa shape index (κ3) is 3.08. The first-order chi connectivity index (χ1) is 11.0. The molecule has 0 aliphatic carbocycles. The van der Waals surface area contributed by atoms with E-state index in [1.54, 1.807) is 25.1 Å². The molecule has 1 heterocycles. The van der Waals surface area contributed by atoms with Gasteiger partial charge >= 0.3 is 0 Å². The molecule has 0 unspecified atom stereocenters. The number of nitrogens with one attached hydrogen (secondary N) is 1. The summed E-state index contributed by atoms with van der Waals surface area (Å²) >= 11 is 0. The van der Waals surface area contributed by atoms with Gasteiger partial charge in [-0.25, -0.2) is 0 Å². The number of non-ortho nitro benzene ring substituents is 1. The Bertz CT molecular complexity index is 788. The first kappa shape index (κ1) is 14.8. The molecule has 0 aromatic heterocycles. The second kappa shape index (κ2) is 5.96. The molecule has 7 nitrogen and oxygen atoms in total. The Labute approximate surface area is 132 Å². The van der Waals surface area contributed by atoms with Crippen molar-refractivity contribution in [3.63, 3.8) is 0 Å². The highest BCUT2D eigenvalue weighted by atomic mass is 16.6. The van der Waals surface area contributed by atoms with Crippen LogP contribution < -0.4 is 14.8 Å². The van der Waals surface area contributed by atoms with Crippen molar-refractivity contribution in [2.75, 3.05) is 18.5 Å². The van der Waals surface area contributed by atoms with Gasteiger partial charge in [-0.2, -0.15) is 0 Å². The molecule has 0 bridgehead atoms. The number of ether oxygens (including phenoxy) is 2. The van der Waals surface area contributed by atoms with Crippen LogP contribution in [0.25, 0.3) is 0 Å². The maximum Gasteiger partial charge on any atom is 0.269 e. The second-order valence-corrected chi connectivity index (χ2v) is 5.07. The van der Waals surface area contributed by atoms with Crippen LogP contribution in [0.3, 0.4) is 0 Å². The molecule has 3 rings (SSSR count). The van der Waals surface area contributed by atoms with Crippen molar-refractivity contribution in [3.8, 4) is 11.5 Å². The Balaban J connectivity index is 1.80. The van der Waals surface area contributed by atoms with Crippen molar-refractivity contribution >= 4 is 17.3 Å². The van der Waals surface area contributed by atoms with Crippen molar-refractivity contribution in [2.24, 2.45) is 0 Å². The fraction of sp³-hybridized carbons (Fsp3) is 0.188. The summed E-state index contributed by atoms with van der Waals surface area (Å²) in [6, 6.07) is 9.23. The lowest BCUT2D eigenvalue weighted by Gasteiger charge is -2.18. The van der Waals surface area contributed by atoms with Gasteiger partial charge in [0.25, 0.3) is 11.6 Å². The molecule has 1 aliphatic heterocycles. The average Bonchev–Trinajstić information content (AvgIpc) is 2.56. The zero-order chi connectivity index (χ0) is 16.4. The van der Waals surface area contributed by atoms with E-state index in [1.807, 2.05) is 0 Å². The summed E-state index contributed by atoms with van der Waals surface area (Å²) in [4.78, 5) is 22.6. The zero-order valence-corrected chi connectivity index (χ0v) is 12.4. The van der Waals surface area contributed by atoms with Crippen LogP contribution in [0.5, 0.6) is 11.5 Å². The molecule has 1 N–H and O–H groups in total. The molecule has 0 fully saturated rings. The number of aryl methyl sites for hydroxylation is 1. The highest BCUT2D eigenvalue weighted by molar-refractivity contribution is 6.05. The first-order valence-electron chi connectivity index (χ1n) is 7.00. The molecule has 0 radical (unpaired) electrons. The van der Waals surface area contributed by atoms with E-state index in [0.717, 1.165) is 0 Å². The number of nitro benzene ring substituents is 1. The van der Waals surface area contributed by atoms with Gasteiger partial charge in [0.15, 0.2) is 11.5 Å². The minimum Gasteiger partial charge on any atom is -0.486 e. The predicted octanol–water partition coefficient (Wildman–Crippen LogP) is 2.93. The molecule has 23 heavy (non-hydrogen) atoms. The van der Waals surface area contributed by atoms with E-state index >= 15 is 0 Å². The van der Waals surface area contributed by atoms with Gasteiger partial charge in [-0.1, -0.05) is 0 Å².